The second-order valence-electron chi connectivity index (χ2n) is 7.93. The van der Waals surface area contributed by atoms with E-state index in [0.29, 0.717) is 5.56 Å². The van der Waals surface area contributed by atoms with E-state index < -0.39 is 0 Å². The molecule has 3 aromatic carbocycles. The number of carbonyl (C=O) groups excluding carboxylic acids is 1. The maximum Gasteiger partial charge on any atom is 0.333 e. The van der Waals surface area contributed by atoms with E-state index in [1.165, 1.54) is 7.11 Å². The van der Waals surface area contributed by atoms with Gasteiger partial charge in [0.1, 0.15) is 5.84 Å². The van der Waals surface area contributed by atoms with Gasteiger partial charge in [-0.25, -0.2) is 4.79 Å². The third-order valence-corrected chi connectivity index (χ3v) is 5.86. The number of nitrogen functional groups attached to an aromatic ring is 1. The molecule has 180 valence electrons. The van der Waals surface area contributed by atoms with Crippen LogP contribution in [0.2, 0.25) is 0 Å². The van der Waals surface area contributed by atoms with Crippen molar-refractivity contribution in [1.29, 1.82) is 5.41 Å². The van der Waals surface area contributed by atoms with Crippen LogP contribution >= 0.6 is 12.4 Å². The number of methoxy groups -OCH3 is 1. The predicted octanol–water partition coefficient (Wildman–Crippen LogP) is 4.55. The van der Waals surface area contributed by atoms with Crippen LogP contribution in [0.25, 0.3) is 28.1 Å². The summed E-state index contributed by atoms with van der Waals surface area (Å²) in [4.78, 5) is 25.1. The molecule has 1 heterocycles. The minimum absolute atomic E-state index is 0. The van der Waals surface area contributed by atoms with Crippen LogP contribution in [0.4, 0.5) is 0 Å². The summed E-state index contributed by atoms with van der Waals surface area (Å²) in [5.41, 5.74) is 11.2. The van der Waals surface area contributed by atoms with Crippen LogP contribution in [0.3, 0.4) is 0 Å². The van der Waals surface area contributed by atoms with Gasteiger partial charge in [0.2, 0.25) is 0 Å². The Labute approximate surface area is 209 Å². The topological polar surface area (TPSA) is 103 Å². The van der Waals surface area contributed by atoms with Crippen LogP contribution in [-0.2, 0) is 16.1 Å². The summed E-state index contributed by atoms with van der Waals surface area (Å²) in [7, 11) is 1.34. The summed E-state index contributed by atoms with van der Waals surface area (Å²) in [6.45, 7) is 2.13. The van der Waals surface area contributed by atoms with Gasteiger partial charge in [-0.15, -0.1) is 12.4 Å². The van der Waals surface area contributed by atoms with Crippen LogP contribution in [0, 0.1) is 12.3 Å². The Morgan fingerprint density at radius 2 is 1.46 bits per heavy atom. The molecule has 8 heteroatoms. The fourth-order valence-electron chi connectivity index (χ4n) is 4.04. The molecule has 0 fully saturated rings. The Bertz CT molecular complexity index is 1390. The summed E-state index contributed by atoms with van der Waals surface area (Å²) >= 11 is 0. The number of nitrogens with zero attached hydrogens (tertiary/aromatic N) is 2. The van der Waals surface area contributed by atoms with Crippen LogP contribution in [0.5, 0.6) is 0 Å². The van der Waals surface area contributed by atoms with Crippen molar-refractivity contribution in [1.82, 2.24) is 9.13 Å². The van der Waals surface area contributed by atoms with E-state index in [4.69, 9.17) is 15.9 Å². The van der Waals surface area contributed by atoms with Crippen LogP contribution in [-0.4, -0.2) is 28.0 Å². The summed E-state index contributed by atoms with van der Waals surface area (Å²) in [5.74, 6) is -0.326. The minimum Gasteiger partial charge on any atom is -0.469 e. The second-order valence-corrected chi connectivity index (χ2v) is 7.93. The zero-order valence-corrected chi connectivity index (χ0v) is 20.3. The zero-order chi connectivity index (χ0) is 24.2. The highest BCUT2D eigenvalue weighted by Crippen LogP contribution is 2.29. The quantitative estimate of drug-likeness (QED) is 0.225. The van der Waals surface area contributed by atoms with Gasteiger partial charge < -0.3 is 10.5 Å². The van der Waals surface area contributed by atoms with Gasteiger partial charge in [0.05, 0.1) is 24.9 Å². The van der Waals surface area contributed by atoms with Crippen molar-refractivity contribution in [2.24, 2.45) is 5.73 Å². The SMILES string of the molecule is COC(=O)CCn1c(C)c(-c2ccc(-c3ccc(C(=N)N)cc3)cc2)n(-c2ccccc2)c1=O.Cl. The lowest BCUT2D eigenvalue weighted by Crippen LogP contribution is -2.25. The maximum absolute atomic E-state index is 13.4. The zero-order valence-electron chi connectivity index (χ0n) is 19.5. The molecular formula is C27H27ClN4O3. The van der Waals surface area contributed by atoms with Crippen molar-refractivity contribution in [3.63, 3.8) is 0 Å². The van der Waals surface area contributed by atoms with Crippen molar-refractivity contribution in [2.75, 3.05) is 7.11 Å². The van der Waals surface area contributed by atoms with Crippen molar-refractivity contribution in [3.8, 4) is 28.1 Å². The number of hydrogen-bond acceptors (Lipinski definition) is 4. The Kier molecular flexibility index (Phi) is 7.94. The molecule has 0 aliphatic heterocycles. The Morgan fingerprint density at radius 3 is 2.00 bits per heavy atom. The van der Waals surface area contributed by atoms with Crippen molar-refractivity contribution in [3.05, 3.63) is 101 Å². The first kappa shape index (κ1) is 25.5. The monoisotopic (exact) mass is 490 g/mol. The maximum atomic E-state index is 13.4. The Balaban J connectivity index is 0.00000342. The third-order valence-electron chi connectivity index (χ3n) is 5.86. The second kappa shape index (κ2) is 10.9. The lowest BCUT2D eigenvalue weighted by atomic mass is 10.0. The number of hydrogen-bond donors (Lipinski definition) is 2. The number of ether oxygens (including phenoxy) is 1. The molecule has 0 saturated carbocycles. The van der Waals surface area contributed by atoms with Crippen LogP contribution in [0.15, 0.2) is 83.7 Å². The highest BCUT2D eigenvalue weighted by molar-refractivity contribution is 5.95. The van der Waals surface area contributed by atoms with E-state index in [1.54, 1.807) is 9.13 Å². The van der Waals surface area contributed by atoms with Gasteiger partial charge in [-0.3, -0.25) is 19.3 Å². The number of para-hydroxylation sites is 1. The van der Waals surface area contributed by atoms with Gasteiger partial charge in [0, 0.05) is 23.4 Å². The number of aromatic nitrogens is 2. The molecule has 0 amide bonds. The molecule has 3 N–H and O–H groups in total. The lowest BCUT2D eigenvalue weighted by Gasteiger charge is -2.10. The van der Waals surface area contributed by atoms with Gasteiger partial charge >= 0.3 is 11.7 Å². The van der Waals surface area contributed by atoms with E-state index >= 15 is 0 Å². The fourth-order valence-corrected chi connectivity index (χ4v) is 4.04. The fraction of sp³-hybridized carbons (Fsp3) is 0.148. The molecule has 0 radical (unpaired) electrons. The summed E-state index contributed by atoms with van der Waals surface area (Å²) in [6, 6.07) is 24.9. The molecule has 0 saturated heterocycles. The number of nitrogens with two attached hydrogens (primary N) is 1. The van der Waals surface area contributed by atoms with Crippen molar-refractivity contribution in [2.45, 2.75) is 19.9 Å². The molecule has 35 heavy (non-hydrogen) atoms. The number of carbonyl (C=O) groups is 1. The molecule has 1 aromatic heterocycles. The van der Waals surface area contributed by atoms with Crippen molar-refractivity contribution >= 4 is 24.2 Å². The Morgan fingerprint density at radius 1 is 0.914 bits per heavy atom. The number of benzene rings is 3. The first-order chi connectivity index (χ1) is 16.4. The normalized spacial score (nSPS) is 10.5. The molecule has 0 atom stereocenters. The summed E-state index contributed by atoms with van der Waals surface area (Å²) < 4.78 is 8.06. The highest BCUT2D eigenvalue weighted by Gasteiger charge is 2.20. The van der Waals surface area contributed by atoms with Gasteiger partial charge in [0.25, 0.3) is 0 Å². The van der Waals surface area contributed by atoms with Gasteiger partial charge in [-0.2, -0.15) is 0 Å². The largest absolute Gasteiger partial charge is 0.469 e. The van der Waals surface area contributed by atoms with E-state index in [2.05, 4.69) is 0 Å². The lowest BCUT2D eigenvalue weighted by molar-refractivity contribution is -0.140. The smallest absolute Gasteiger partial charge is 0.333 e. The van der Waals surface area contributed by atoms with E-state index in [-0.39, 0.29) is 42.9 Å². The summed E-state index contributed by atoms with van der Waals surface area (Å²) in [5, 5.41) is 7.55. The number of nitrogens with one attached hydrogen (secondary N) is 1. The number of imidazole rings is 1. The third kappa shape index (κ3) is 5.20. The standard InChI is InChI=1S/C27H26N4O3.ClH/c1-18-25(21-12-8-19(9-13-21)20-10-14-22(15-11-20)26(28)29)31(23-6-4-3-5-7-23)27(33)30(18)17-16-24(32)34-2;/h3-15H,16-17H2,1-2H3,(H3,28,29);1H. The Hall–Kier alpha value is -4.10. The van der Waals surface area contributed by atoms with Crippen LogP contribution < -0.4 is 11.4 Å². The van der Waals surface area contributed by atoms with Crippen molar-refractivity contribution < 1.29 is 9.53 Å². The summed E-state index contributed by atoms with van der Waals surface area (Å²) in [6.07, 6.45) is 0.116. The number of amidine groups is 1. The first-order valence-corrected chi connectivity index (χ1v) is 10.9. The number of rotatable bonds is 7. The van der Waals surface area contributed by atoms with E-state index in [9.17, 15) is 9.59 Å². The molecule has 0 spiro atoms. The average Bonchev–Trinajstić information content (AvgIpc) is 3.12. The average molecular weight is 491 g/mol. The van der Waals surface area contributed by atoms with Crippen LogP contribution in [0.1, 0.15) is 17.7 Å². The van der Waals surface area contributed by atoms with Gasteiger partial charge in [-0.1, -0.05) is 66.7 Å². The molecule has 4 rings (SSSR count). The number of esters is 1. The minimum atomic E-state index is -0.361. The molecule has 0 bridgehead atoms. The molecular weight excluding hydrogens is 464 g/mol. The van der Waals surface area contributed by atoms with E-state index in [0.717, 1.165) is 33.8 Å². The predicted molar refractivity (Wildman–Crippen MR) is 141 cm³/mol. The molecule has 0 aliphatic rings. The molecule has 4 aromatic rings. The first-order valence-electron chi connectivity index (χ1n) is 10.9. The molecule has 0 unspecified atom stereocenters. The number of halogens is 1. The highest BCUT2D eigenvalue weighted by atomic mass is 35.5. The van der Waals surface area contributed by atoms with Gasteiger partial charge in [-0.05, 0) is 30.2 Å². The van der Waals surface area contributed by atoms with Gasteiger partial charge in [0.15, 0.2) is 0 Å². The van der Waals surface area contributed by atoms with E-state index in [1.807, 2.05) is 85.8 Å². The molecule has 7 nitrogen and oxygen atoms in total. The molecule has 0 aliphatic carbocycles.